The normalized spacial score (nSPS) is 19.4. The molecule has 0 N–H and O–H groups in total. The SMILES string of the molecule is CC[C@]1(C(F)(F)F)C[C@H](N(Cc2cc(C(F)(F)F)cc(C(F)(F)F)c2)C(=O)OC)c2ccccc2N1C(=O)OC(C)C. The smallest absolute Gasteiger partial charge is 0.416 e. The van der Waals surface area contributed by atoms with E-state index in [1.807, 2.05) is 0 Å². The Labute approximate surface area is 235 Å². The number of anilines is 1. The third kappa shape index (κ3) is 6.38. The van der Waals surface area contributed by atoms with Crippen LogP contribution in [0.1, 0.15) is 61.9 Å². The van der Waals surface area contributed by atoms with Gasteiger partial charge in [-0.25, -0.2) is 9.59 Å². The Morgan fingerprint density at radius 1 is 0.976 bits per heavy atom. The highest BCUT2D eigenvalue weighted by Crippen LogP contribution is 2.53. The van der Waals surface area contributed by atoms with Crippen molar-refractivity contribution in [3.05, 3.63) is 64.7 Å². The molecule has 1 aliphatic rings. The largest absolute Gasteiger partial charge is 0.453 e. The molecule has 3 rings (SSSR count). The van der Waals surface area contributed by atoms with Crippen molar-refractivity contribution in [3.63, 3.8) is 0 Å². The predicted octanol–water partition coefficient (Wildman–Crippen LogP) is 8.50. The predicted molar refractivity (Wildman–Crippen MR) is 131 cm³/mol. The summed E-state index contributed by atoms with van der Waals surface area (Å²) < 4.78 is 136. The maximum absolute atomic E-state index is 14.9. The Hall–Kier alpha value is -3.65. The molecule has 0 bridgehead atoms. The van der Waals surface area contributed by atoms with Crippen LogP contribution in [0.5, 0.6) is 0 Å². The average Bonchev–Trinajstić information content (AvgIpc) is 2.88. The first-order chi connectivity index (χ1) is 19.3. The first-order valence-corrected chi connectivity index (χ1v) is 12.6. The van der Waals surface area contributed by atoms with E-state index in [0.717, 1.165) is 14.0 Å². The van der Waals surface area contributed by atoms with Gasteiger partial charge < -0.3 is 9.47 Å². The third-order valence-electron chi connectivity index (χ3n) is 6.91. The summed E-state index contributed by atoms with van der Waals surface area (Å²) in [6.45, 7) is 3.04. The molecule has 0 unspecified atom stereocenters. The summed E-state index contributed by atoms with van der Waals surface area (Å²) in [5, 5.41) is 0. The van der Waals surface area contributed by atoms with E-state index in [9.17, 15) is 49.1 Å². The summed E-state index contributed by atoms with van der Waals surface area (Å²) in [6.07, 6.45) is -20.7. The van der Waals surface area contributed by atoms with Crippen molar-refractivity contribution in [2.75, 3.05) is 12.0 Å². The molecule has 6 nitrogen and oxygen atoms in total. The van der Waals surface area contributed by atoms with Gasteiger partial charge in [-0.05, 0) is 55.7 Å². The molecular formula is C27H27F9N2O4. The number of carbonyl (C=O) groups excluding carboxylic acids is 2. The first kappa shape index (κ1) is 32.9. The van der Waals surface area contributed by atoms with Gasteiger partial charge in [-0.15, -0.1) is 0 Å². The van der Waals surface area contributed by atoms with Gasteiger partial charge in [0, 0.05) is 13.0 Å². The number of benzene rings is 2. The molecule has 1 heterocycles. The summed E-state index contributed by atoms with van der Waals surface area (Å²) in [5.41, 5.74) is -7.29. The van der Waals surface area contributed by atoms with Crippen molar-refractivity contribution in [1.82, 2.24) is 4.90 Å². The lowest BCUT2D eigenvalue weighted by Gasteiger charge is -2.51. The van der Waals surface area contributed by atoms with Crippen LogP contribution in [0.4, 0.5) is 54.8 Å². The van der Waals surface area contributed by atoms with Crippen LogP contribution in [0.3, 0.4) is 0 Å². The molecule has 2 aromatic rings. The molecule has 2 amide bonds. The van der Waals surface area contributed by atoms with Crippen LogP contribution in [0.2, 0.25) is 0 Å². The first-order valence-electron chi connectivity index (χ1n) is 12.6. The molecule has 2 aromatic carbocycles. The Kier molecular flexibility index (Phi) is 9.04. The number of ether oxygens (including phenoxy) is 2. The van der Waals surface area contributed by atoms with E-state index in [0.29, 0.717) is 21.9 Å². The minimum absolute atomic E-state index is 0.0278. The quantitative estimate of drug-likeness (QED) is 0.317. The molecule has 0 aliphatic carbocycles. The monoisotopic (exact) mass is 614 g/mol. The second-order valence-electron chi connectivity index (χ2n) is 9.94. The molecule has 0 saturated heterocycles. The standard InChI is InChI=1S/C27H27F9N2O4/c1-5-24(27(34,35)36)13-21(19-8-6-7-9-20(19)38(24)23(40)42-15(2)3)37(22(39)41-4)14-16-10-17(25(28,29)30)12-18(11-16)26(31,32)33/h6-12,15,21H,5,13-14H2,1-4H3/t21-,24+/m0/s1. The van der Waals surface area contributed by atoms with E-state index in [4.69, 9.17) is 9.47 Å². The number of fused-ring (bicyclic) bond motifs is 1. The third-order valence-corrected chi connectivity index (χ3v) is 6.91. The van der Waals surface area contributed by atoms with Crippen molar-refractivity contribution in [3.8, 4) is 0 Å². The lowest BCUT2D eigenvalue weighted by molar-refractivity contribution is -0.194. The molecule has 2 atom stereocenters. The second kappa shape index (κ2) is 11.6. The molecular weight excluding hydrogens is 587 g/mol. The number of alkyl halides is 9. The van der Waals surface area contributed by atoms with E-state index < -0.39 is 84.5 Å². The number of rotatable bonds is 5. The van der Waals surface area contributed by atoms with Gasteiger partial charge in [-0.2, -0.15) is 39.5 Å². The summed E-state index contributed by atoms with van der Waals surface area (Å²) in [5.74, 6) is 0. The number of para-hydroxylation sites is 1. The zero-order chi connectivity index (χ0) is 31.8. The van der Waals surface area contributed by atoms with Crippen molar-refractivity contribution >= 4 is 17.9 Å². The van der Waals surface area contributed by atoms with Gasteiger partial charge in [0.1, 0.15) is 5.54 Å². The number of hydrogen-bond acceptors (Lipinski definition) is 4. The average molecular weight is 615 g/mol. The van der Waals surface area contributed by atoms with Gasteiger partial charge in [0.2, 0.25) is 0 Å². The molecule has 0 fully saturated rings. The molecule has 232 valence electrons. The van der Waals surface area contributed by atoms with Crippen LogP contribution in [0, 0.1) is 0 Å². The van der Waals surface area contributed by atoms with Gasteiger partial charge in [0.05, 0.1) is 36.1 Å². The Morgan fingerprint density at radius 2 is 1.52 bits per heavy atom. The summed E-state index contributed by atoms with van der Waals surface area (Å²) in [6, 6.07) is 4.26. The topological polar surface area (TPSA) is 59.1 Å². The second-order valence-corrected chi connectivity index (χ2v) is 9.94. The van der Waals surface area contributed by atoms with Gasteiger partial charge >= 0.3 is 30.7 Å². The fourth-order valence-electron chi connectivity index (χ4n) is 5.00. The highest BCUT2D eigenvalue weighted by atomic mass is 19.4. The summed E-state index contributed by atoms with van der Waals surface area (Å²) >= 11 is 0. The lowest BCUT2D eigenvalue weighted by atomic mass is 9.78. The van der Waals surface area contributed by atoms with Crippen molar-refractivity contribution in [2.24, 2.45) is 0 Å². The molecule has 0 saturated carbocycles. The van der Waals surface area contributed by atoms with Crippen molar-refractivity contribution in [2.45, 2.75) is 76.4 Å². The Morgan fingerprint density at radius 3 is 1.98 bits per heavy atom. The summed E-state index contributed by atoms with van der Waals surface area (Å²) in [7, 11) is 0.862. The van der Waals surface area contributed by atoms with E-state index in [2.05, 4.69) is 0 Å². The fourth-order valence-corrected chi connectivity index (χ4v) is 5.00. The highest BCUT2D eigenvalue weighted by Gasteiger charge is 2.64. The maximum Gasteiger partial charge on any atom is 0.416 e. The molecule has 0 radical (unpaired) electrons. The number of hydrogen-bond donors (Lipinski definition) is 0. The fraction of sp³-hybridized carbons (Fsp3) is 0.481. The summed E-state index contributed by atoms with van der Waals surface area (Å²) in [4.78, 5) is 27.1. The number of carbonyl (C=O) groups is 2. The molecule has 0 spiro atoms. The number of halogens is 9. The van der Waals surface area contributed by atoms with Crippen LogP contribution in [0.15, 0.2) is 42.5 Å². The van der Waals surface area contributed by atoms with Crippen LogP contribution < -0.4 is 4.90 Å². The van der Waals surface area contributed by atoms with Gasteiger partial charge in [-0.3, -0.25) is 9.80 Å². The van der Waals surface area contributed by atoms with Crippen LogP contribution in [-0.2, 0) is 28.4 Å². The maximum atomic E-state index is 14.9. The van der Waals surface area contributed by atoms with Gasteiger partial charge in [0.15, 0.2) is 0 Å². The zero-order valence-electron chi connectivity index (χ0n) is 22.7. The van der Waals surface area contributed by atoms with Crippen LogP contribution >= 0.6 is 0 Å². The van der Waals surface area contributed by atoms with Gasteiger partial charge in [-0.1, -0.05) is 25.1 Å². The van der Waals surface area contributed by atoms with E-state index in [1.165, 1.54) is 38.1 Å². The van der Waals surface area contributed by atoms with Crippen molar-refractivity contribution in [1.29, 1.82) is 0 Å². The number of methoxy groups -OCH3 is 1. The Balaban J connectivity index is 2.27. The highest BCUT2D eigenvalue weighted by molar-refractivity contribution is 5.92. The van der Waals surface area contributed by atoms with Gasteiger partial charge in [0.25, 0.3) is 0 Å². The van der Waals surface area contributed by atoms with E-state index >= 15 is 0 Å². The number of nitrogens with zero attached hydrogens (tertiary/aromatic N) is 2. The molecule has 15 heteroatoms. The number of amides is 2. The van der Waals surface area contributed by atoms with Crippen LogP contribution in [0.25, 0.3) is 0 Å². The minimum atomic E-state index is -5.20. The molecule has 0 aromatic heterocycles. The van der Waals surface area contributed by atoms with Crippen LogP contribution in [-0.4, -0.2) is 42.0 Å². The Bertz CT molecular complexity index is 1280. The van der Waals surface area contributed by atoms with E-state index in [-0.39, 0.29) is 17.3 Å². The van der Waals surface area contributed by atoms with Crippen molar-refractivity contribution < 1.29 is 58.6 Å². The lowest BCUT2D eigenvalue weighted by Crippen LogP contribution is -2.65. The molecule has 42 heavy (non-hydrogen) atoms. The molecule has 1 aliphatic heterocycles. The minimum Gasteiger partial charge on any atom is -0.453 e. The zero-order valence-corrected chi connectivity index (χ0v) is 22.7. The van der Waals surface area contributed by atoms with E-state index in [1.54, 1.807) is 0 Å².